The van der Waals surface area contributed by atoms with E-state index in [0.29, 0.717) is 0 Å². The van der Waals surface area contributed by atoms with Crippen LogP contribution in [0.1, 0.15) is 27.7 Å². The molecule has 0 bridgehead atoms. The van der Waals surface area contributed by atoms with E-state index in [-0.39, 0.29) is 0 Å². The molecule has 0 aromatic heterocycles. The maximum atomic E-state index is 3.30. The molecule has 0 spiro atoms. The van der Waals surface area contributed by atoms with E-state index in [9.17, 15) is 0 Å². The van der Waals surface area contributed by atoms with Crippen molar-refractivity contribution in [1.82, 2.24) is 9.80 Å². The molecular formula is C10H20N2PW. The third-order valence-electron chi connectivity index (χ3n) is 2.24. The quantitative estimate of drug-likeness (QED) is 0.649. The molecule has 0 aliphatic carbocycles. The first-order valence-corrected chi connectivity index (χ1v) is 7.55. The van der Waals surface area contributed by atoms with Gasteiger partial charge in [-0.15, -0.1) is 0 Å². The molecule has 14 heavy (non-hydrogen) atoms. The molecule has 0 saturated carbocycles. The van der Waals surface area contributed by atoms with E-state index in [4.69, 9.17) is 0 Å². The molecule has 0 aromatic carbocycles. The second-order valence-electron chi connectivity index (χ2n) is 2.85. The summed E-state index contributed by atoms with van der Waals surface area (Å²) in [7, 11) is 1.25. The minimum atomic E-state index is 1.09. The molecular weight excluding hydrogens is 363 g/mol. The molecule has 0 fully saturated rings. The van der Waals surface area contributed by atoms with Crippen LogP contribution in [-0.2, 0) is 19.2 Å². The van der Waals surface area contributed by atoms with Gasteiger partial charge in [0, 0.05) is 0 Å². The fourth-order valence-corrected chi connectivity index (χ4v) is 3.21. The van der Waals surface area contributed by atoms with Crippen molar-refractivity contribution in [2.24, 2.45) is 0 Å². The van der Waals surface area contributed by atoms with Crippen molar-refractivity contribution in [1.29, 1.82) is 0 Å². The van der Waals surface area contributed by atoms with Crippen molar-refractivity contribution in [3.8, 4) is 3.94 Å². The van der Waals surface area contributed by atoms with Gasteiger partial charge >= 0.3 is 101 Å². The first-order chi connectivity index (χ1) is 6.74. The zero-order chi connectivity index (χ0) is 11.0. The Morgan fingerprint density at radius 3 is 1.57 bits per heavy atom. The van der Waals surface area contributed by atoms with E-state index >= 15 is 0 Å². The fraction of sp³-hybridized carbons (Fsp3) is 0.800. The van der Waals surface area contributed by atoms with E-state index in [1.54, 1.807) is 0 Å². The number of rotatable bonds is 6. The Bertz CT molecular complexity index is 201. The maximum absolute atomic E-state index is 3.30. The molecule has 81 valence electrons. The summed E-state index contributed by atoms with van der Waals surface area (Å²) in [6.07, 6.45) is 0. The molecule has 0 heterocycles. The summed E-state index contributed by atoms with van der Waals surface area (Å²) in [4.78, 5) is 4.84. The van der Waals surface area contributed by atoms with Crippen molar-refractivity contribution in [2.45, 2.75) is 27.7 Å². The Morgan fingerprint density at radius 1 is 1.00 bits per heavy atom. The van der Waals surface area contributed by atoms with Crippen LogP contribution in [0.25, 0.3) is 0 Å². The van der Waals surface area contributed by atoms with Crippen LogP contribution < -0.4 is 0 Å². The van der Waals surface area contributed by atoms with Gasteiger partial charge in [0.1, 0.15) is 0 Å². The van der Waals surface area contributed by atoms with Gasteiger partial charge in [-0.2, -0.15) is 0 Å². The molecule has 0 amide bonds. The second kappa shape index (κ2) is 8.83. The van der Waals surface area contributed by atoms with Crippen molar-refractivity contribution in [3.05, 3.63) is 0 Å². The van der Waals surface area contributed by atoms with Crippen molar-refractivity contribution in [2.75, 3.05) is 26.2 Å². The third kappa shape index (κ3) is 4.39. The van der Waals surface area contributed by atoms with Crippen LogP contribution in [0.3, 0.4) is 0 Å². The molecule has 0 N–H and O–H groups in total. The van der Waals surface area contributed by atoms with Crippen molar-refractivity contribution < 1.29 is 19.2 Å². The number of hydrogen-bond donors (Lipinski definition) is 0. The van der Waals surface area contributed by atoms with Gasteiger partial charge in [-0.25, -0.2) is 0 Å². The Morgan fingerprint density at radius 2 is 1.36 bits per heavy atom. The summed E-state index contributed by atoms with van der Waals surface area (Å²) in [5.41, 5.74) is 1.41. The Hall–Kier alpha value is 0.558. The first kappa shape index (κ1) is 14.6. The summed E-state index contributed by atoms with van der Waals surface area (Å²) >= 11 is 1.43. The van der Waals surface area contributed by atoms with Gasteiger partial charge in [0.05, 0.1) is 0 Å². The van der Waals surface area contributed by atoms with Crippen LogP contribution in [0.4, 0.5) is 0 Å². The first-order valence-electron chi connectivity index (χ1n) is 5.19. The van der Waals surface area contributed by atoms with E-state index < -0.39 is 0 Å². The monoisotopic (exact) mass is 383 g/mol. The van der Waals surface area contributed by atoms with Crippen molar-refractivity contribution in [3.63, 3.8) is 0 Å². The second-order valence-corrected chi connectivity index (χ2v) is 5.62. The van der Waals surface area contributed by atoms with Crippen LogP contribution >= 0.6 is 8.20 Å². The summed E-state index contributed by atoms with van der Waals surface area (Å²) in [5.74, 6) is 0. The molecule has 0 radical (unpaired) electrons. The molecule has 4 heteroatoms. The van der Waals surface area contributed by atoms with E-state index in [1.165, 1.54) is 32.9 Å². The van der Waals surface area contributed by atoms with Crippen LogP contribution in [0.15, 0.2) is 0 Å². The van der Waals surface area contributed by atoms with Gasteiger partial charge in [-0.3, -0.25) is 0 Å². The predicted octanol–water partition coefficient (Wildman–Crippen LogP) is 2.17. The zero-order valence-corrected chi connectivity index (χ0v) is 13.4. The normalized spacial score (nSPS) is 10.9. The van der Waals surface area contributed by atoms with Gasteiger partial charge in [0.15, 0.2) is 0 Å². The standard InChI is InChI=1S/C10H20N2P.W/c1-6-11(7-2)10(13-5)12(8-3)9-4;/h6-9H2,1-4H3;. The van der Waals surface area contributed by atoms with Crippen LogP contribution in [0.2, 0.25) is 0 Å². The Labute approximate surface area is 100 Å². The summed E-state index contributed by atoms with van der Waals surface area (Å²) in [6.45, 7) is 13.2. The van der Waals surface area contributed by atoms with Crippen molar-refractivity contribution >= 4 is 13.7 Å². The molecule has 0 atom stereocenters. The van der Waals surface area contributed by atoms with Gasteiger partial charge in [-0.1, -0.05) is 0 Å². The average Bonchev–Trinajstić information content (AvgIpc) is 2.21. The summed E-state index contributed by atoms with van der Waals surface area (Å²) < 4.78 is 3.30. The molecule has 0 aliphatic heterocycles. The van der Waals surface area contributed by atoms with E-state index in [2.05, 4.69) is 41.4 Å². The van der Waals surface area contributed by atoms with Crippen LogP contribution in [0.5, 0.6) is 0 Å². The van der Waals surface area contributed by atoms with Crippen LogP contribution in [-0.4, -0.2) is 41.5 Å². The topological polar surface area (TPSA) is 6.48 Å². The van der Waals surface area contributed by atoms with Gasteiger partial charge in [0.25, 0.3) is 0 Å². The SMILES string of the molecule is CCN(CC)C(=P[C]#[W])N(CC)CC. The summed E-state index contributed by atoms with van der Waals surface area (Å²) in [5, 5.41) is 0. The van der Waals surface area contributed by atoms with Gasteiger partial charge in [-0.05, 0) is 0 Å². The van der Waals surface area contributed by atoms with Gasteiger partial charge < -0.3 is 0 Å². The molecule has 0 aromatic rings. The van der Waals surface area contributed by atoms with Crippen LogP contribution in [0, 0.1) is 3.94 Å². The molecule has 0 saturated heterocycles. The molecule has 0 aliphatic rings. The molecule has 0 unspecified atom stereocenters. The average molecular weight is 383 g/mol. The summed E-state index contributed by atoms with van der Waals surface area (Å²) in [6, 6.07) is 0. The fourth-order valence-electron chi connectivity index (χ4n) is 1.40. The Kier molecular flexibility index (Phi) is 9.19. The minimum absolute atomic E-state index is 1.09. The molecule has 2 nitrogen and oxygen atoms in total. The number of hydrogen-bond acceptors (Lipinski definition) is 0. The number of nitrogens with zero attached hydrogens (tertiary/aromatic N) is 2. The Balaban J connectivity index is 4.75. The third-order valence-corrected chi connectivity index (χ3v) is 4.08. The molecule has 0 rings (SSSR count). The predicted molar refractivity (Wildman–Crippen MR) is 61.7 cm³/mol. The zero-order valence-electron chi connectivity index (χ0n) is 9.58. The van der Waals surface area contributed by atoms with Gasteiger partial charge in [0.2, 0.25) is 0 Å². The van der Waals surface area contributed by atoms with E-state index in [1.807, 2.05) is 0 Å². The van der Waals surface area contributed by atoms with E-state index in [0.717, 1.165) is 26.2 Å².